The second kappa shape index (κ2) is 30.6. The summed E-state index contributed by atoms with van der Waals surface area (Å²) in [6.07, 6.45) is 25.4. The van der Waals surface area contributed by atoms with Crippen molar-refractivity contribution in [1.29, 1.82) is 0 Å². The van der Waals surface area contributed by atoms with Gasteiger partial charge in [-0.3, -0.25) is 13.8 Å². The highest BCUT2D eigenvalue weighted by Crippen LogP contribution is 2.43. The maximum atomic E-state index is 13.0. The molecule has 1 aliphatic rings. The maximum absolute atomic E-state index is 13.0. The molecule has 1 heterocycles. The number of aliphatic hydroxyl groups excluding tert-OH is 4. The number of carbonyl (C=O) groups is 1. The molecule has 8 atom stereocenters. The number of hydrogen-bond acceptors (Lipinski definition) is 9. The van der Waals surface area contributed by atoms with Crippen molar-refractivity contribution in [3.8, 4) is 0 Å². The van der Waals surface area contributed by atoms with E-state index in [1.807, 2.05) is 39.4 Å². The highest BCUT2D eigenvalue weighted by atomic mass is 31.2. The lowest BCUT2D eigenvalue weighted by Gasteiger charge is -2.36. The summed E-state index contributed by atoms with van der Waals surface area (Å²) >= 11 is 0. The molecule has 1 aliphatic heterocycles. The van der Waals surface area contributed by atoms with Crippen molar-refractivity contribution >= 4 is 13.7 Å². The van der Waals surface area contributed by atoms with Crippen molar-refractivity contribution in [3.05, 3.63) is 36.5 Å². The Labute approximate surface area is 333 Å². The number of allylic oxidation sites excluding steroid dienone is 3. The molecule has 13 heteroatoms. The number of nitrogens with one attached hydrogen (secondary N) is 1. The van der Waals surface area contributed by atoms with E-state index in [4.69, 9.17) is 13.8 Å². The van der Waals surface area contributed by atoms with Crippen LogP contribution in [0.15, 0.2) is 36.5 Å². The van der Waals surface area contributed by atoms with Crippen LogP contribution >= 0.6 is 7.82 Å². The van der Waals surface area contributed by atoms with E-state index in [1.54, 1.807) is 18.2 Å². The topological polar surface area (TPSA) is 175 Å². The fraction of sp³-hybridized carbons (Fsp3) is 0.833. The molecular weight excluding hydrogens is 723 g/mol. The molecular formula is C42H80N2O10P+. The number of quaternary nitrogens is 1. The molecule has 0 aliphatic carbocycles. The van der Waals surface area contributed by atoms with E-state index in [2.05, 4.69) is 19.2 Å². The summed E-state index contributed by atoms with van der Waals surface area (Å²) < 4.78 is 29.2. The lowest BCUT2D eigenvalue weighted by molar-refractivity contribution is -0.870. The number of nitrogens with zero attached hydrogens (tertiary/aromatic N) is 1. The molecule has 0 bridgehead atoms. The first-order valence-electron chi connectivity index (χ1n) is 21.3. The van der Waals surface area contributed by atoms with E-state index in [9.17, 15) is 34.7 Å². The number of likely N-dealkylation sites (N-methyl/N-ethyl adjacent to an activating group) is 1. The summed E-state index contributed by atoms with van der Waals surface area (Å²) in [6, 6.07) is -0.951. The van der Waals surface area contributed by atoms with Gasteiger partial charge in [-0.1, -0.05) is 127 Å². The van der Waals surface area contributed by atoms with E-state index in [0.717, 1.165) is 38.5 Å². The molecule has 0 aromatic carbocycles. The van der Waals surface area contributed by atoms with Crippen molar-refractivity contribution in [1.82, 2.24) is 5.32 Å². The van der Waals surface area contributed by atoms with E-state index in [-0.39, 0.29) is 31.3 Å². The lowest BCUT2D eigenvalue weighted by Crippen LogP contribution is -2.45. The van der Waals surface area contributed by atoms with Crippen molar-refractivity contribution in [2.45, 2.75) is 179 Å². The Balaban J connectivity index is 2.65. The molecule has 12 nitrogen and oxygen atoms in total. The molecule has 0 radical (unpaired) electrons. The van der Waals surface area contributed by atoms with Crippen molar-refractivity contribution in [3.63, 3.8) is 0 Å². The Bertz CT molecular complexity index is 1110. The highest BCUT2D eigenvalue weighted by molar-refractivity contribution is 7.47. The Hall–Kier alpha value is -1.44. The van der Waals surface area contributed by atoms with Gasteiger partial charge in [-0.2, -0.15) is 0 Å². The third-order valence-corrected chi connectivity index (χ3v) is 10.9. The number of ether oxygens (including phenoxy) is 1. The van der Waals surface area contributed by atoms with Gasteiger partial charge in [0.2, 0.25) is 5.91 Å². The van der Waals surface area contributed by atoms with Crippen LogP contribution in [0.5, 0.6) is 0 Å². The molecule has 1 fully saturated rings. The summed E-state index contributed by atoms with van der Waals surface area (Å²) in [6.45, 7) is 4.44. The molecule has 2 unspecified atom stereocenters. The van der Waals surface area contributed by atoms with Crippen molar-refractivity contribution in [2.24, 2.45) is 5.92 Å². The van der Waals surface area contributed by atoms with Gasteiger partial charge in [-0.25, -0.2) is 4.57 Å². The van der Waals surface area contributed by atoms with Gasteiger partial charge >= 0.3 is 7.82 Å². The Morgan fingerprint density at radius 2 is 1.47 bits per heavy atom. The van der Waals surface area contributed by atoms with Gasteiger partial charge in [0.15, 0.2) is 6.29 Å². The van der Waals surface area contributed by atoms with Gasteiger partial charge in [0, 0.05) is 18.8 Å². The van der Waals surface area contributed by atoms with Crippen LogP contribution in [0.3, 0.4) is 0 Å². The van der Waals surface area contributed by atoms with Gasteiger partial charge in [-0.05, 0) is 38.5 Å². The minimum absolute atomic E-state index is 0.0113. The first-order valence-corrected chi connectivity index (χ1v) is 22.8. The predicted molar refractivity (Wildman–Crippen MR) is 220 cm³/mol. The second-order valence-electron chi connectivity index (χ2n) is 16.2. The summed E-state index contributed by atoms with van der Waals surface area (Å²) in [4.78, 5) is 23.2. The Morgan fingerprint density at radius 1 is 0.855 bits per heavy atom. The number of phosphoric acid groups is 1. The average molecular weight is 804 g/mol. The number of unbranched alkanes of at least 4 members (excludes halogenated alkanes) is 13. The third kappa shape index (κ3) is 27.8. The highest BCUT2D eigenvalue weighted by Gasteiger charge is 2.35. The molecule has 1 rings (SSSR count). The van der Waals surface area contributed by atoms with Crippen molar-refractivity contribution < 1.29 is 52.9 Å². The van der Waals surface area contributed by atoms with Crippen LogP contribution < -0.4 is 5.32 Å². The van der Waals surface area contributed by atoms with E-state index < -0.39 is 51.2 Å². The van der Waals surface area contributed by atoms with Crippen LogP contribution in [0.1, 0.15) is 142 Å². The number of carbonyl (C=O) groups excluding carboxylic acids is 1. The molecule has 1 amide bonds. The molecule has 0 spiro atoms. The maximum Gasteiger partial charge on any atom is 0.472 e. The average Bonchev–Trinajstić information content (AvgIpc) is 3.11. The first kappa shape index (κ1) is 51.6. The molecule has 6 N–H and O–H groups in total. The fourth-order valence-electron chi connectivity index (χ4n) is 6.37. The fourth-order valence-corrected chi connectivity index (χ4v) is 7.11. The molecule has 1 saturated heterocycles. The number of aliphatic hydroxyl groups is 4. The quantitative estimate of drug-likeness (QED) is 0.0172. The summed E-state index contributed by atoms with van der Waals surface area (Å²) in [5, 5.41) is 44.8. The number of phosphoric ester groups is 1. The zero-order chi connectivity index (χ0) is 41.0. The standard InChI is InChI=1S/C42H79N2O10P/c1-6-8-10-11-12-13-14-15-16-17-18-23-27-38(46)37(34-53-55(50,51)52-32-31-44(3,4)5)43-41(48)28-24-20-19-22-26-36-39(47)33-42(49)54-40(36)30-29-35(45)25-21-9-7-2/h19,22-23,27,29-30,35-40,42,45-47,49H,6-18,20-21,24-26,28,31-34H2,1-5H3,(H-,43,48,50,51)/p+1/b22-19-,27-23+,30-29+/t35-,36-,37-,38+,39-,40+,42?/m0/s1. The first-order chi connectivity index (χ1) is 26.2. The van der Waals surface area contributed by atoms with Crippen LogP contribution in [0.2, 0.25) is 0 Å². The normalized spacial score (nSPS) is 22.4. The second-order valence-corrected chi connectivity index (χ2v) is 17.7. The Kier molecular flexibility index (Phi) is 28.7. The van der Waals surface area contributed by atoms with Crippen LogP contribution in [0.4, 0.5) is 0 Å². The summed E-state index contributed by atoms with van der Waals surface area (Å²) in [7, 11) is 1.40. The molecule has 55 heavy (non-hydrogen) atoms. The smallest absolute Gasteiger partial charge is 0.393 e. The summed E-state index contributed by atoms with van der Waals surface area (Å²) in [5.41, 5.74) is 0. The zero-order valence-corrected chi connectivity index (χ0v) is 35.8. The number of rotatable bonds is 33. The van der Waals surface area contributed by atoms with Crippen LogP contribution in [-0.4, -0.2) is 113 Å². The van der Waals surface area contributed by atoms with Crippen LogP contribution in [0, 0.1) is 5.92 Å². The minimum Gasteiger partial charge on any atom is -0.393 e. The van der Waals surface area contributed by atoms with Crippen LogP contribution in [-0.2, 0) is 23.1 Å². The van der Waals surface area contributed by atoms with Gasteiger partial charge in [-0.15, -0.1) is 0 Å². The number of amides is 1. The third-order valence-electron chi connectivity index (χ3n) is 9.90. The predicted octanol–water partition coefficient (Wildman–Crippen LogP) is 7.24. The van der Waals surface area contributed by atoms with Gasteiger partial charge in [0.25, 0.3) is 0 Å². The monoisotopic (exact) mass is 804 g/mol. The molecule has 0 aromatic heterocycles. The molecule has 0 aromatic rings. The van der Waals surface area contributed by atoms with E-state index >= 15 is 0 Å². The zero-order valence-electron chi connectivity index (χ0n) is 34.9. The van der Waals surface area contributed by atoms with Gasteiger partial charge < -0.3 is 39.9 Å². The van der Waals surface area contributed by atoms with E-state index in [1.165, 1.54) is 51.4 Å². The van der Waals surface area contributed by atoms with Crippen LogP contribution in [0.25, 0.3) is 0 Å². The van der Waals surface area contributed by atoms with Crippen molar-refractivity contribution in [2.75, 3.05) is 40.9 Å². The minimum atomic E-state index is -4.41. The summed E-state index contributed by atoms with van der Waals surface area (Å²) in [5.74, 6) is -0.614. The number of hydrogen-bond donors (Lipinski definition) is 6. The SMILES string of the molecule is CCCCCCCCCCCC/C=C/[C@@H](O)[C@H](COP(=O)(O)OCC[N+](C)(C)C)NC(=O)CCC/C=C\C[C@H]1[C@@H](O)CC(O)O[C@@H]1/C=C/[C@@H](O)CCCCC. The lowest BCUT2D eigenvalue weighted by atomic mass is 9.87. The van der Waals surface area contributed by atoms with Gasteiger partial charge in [0.05, 0.1) is 58.2 Å². The Morgan fingerprint density at radius 3 is 2.13 bits per heavy atom. The van der Waals surface area contributed by atoms with Gasteiger partial charge in [0.1, 0.15) is 13.2 Å². The largest absolute Gasteiger partial charge is 0.472 e. The van der Waals surface area contributed by atoms with E-state index in [0.29, 0.717) is 36.7 Å². The molecule has 322 valence electrons. The molecule has 0 saturated carbocycles.